The van der Waals surface area contributed by atoms with Crippen molar-refractivity contribution in [2.24, 2.45) is 0 Å². The van der Waals surface area contributed by atoms with Gasteiger partial charge in [0.15, 0.2) is 0 Å². The van der Waals surface area contributed by atoms with Gasteiger partial charge in [0.1, 0.15) is 0 Å². The second-order valence-corrected chi connectivity index (χ2v) is 7.45. The maximum atomic E-state index is 12.6. The molecule has 1 aliphatic rings. The molecule has 0 unspecified atom stereocenters. The van der Waals surface area contributed by atoms with Crippen molar-refractivity contribution < 1.29 is 8.42 Å². The van der Waals surface area contributed by atoms with Gasteiger partial charge in [0.2, 0.25) is 10.0 Å². The zero-order valence-corrected chi connectivity index (χ0v) is 13.8. The summed E-state index contributed by atoms with van der Waals surface area (Å²) in [6, 6.07) is 5.49. The predicted octanol–water partition coefficient (Wildman–Crippen LogP) is 1.09. The van der Waals surface area contributed by atoms with Crippen molar-refractivity contribution in [2.45, 2.75) is 37.2 Å². The zero-order chi connectivity index (χ0) is 15.5. The molecule has 0 radical (unpaired) electrons. The summed E-state index contributed by atoms with van der Waals surface area (Å²) >= 11 is 0. The minimum atomic E-state index is -3.45. The van der Waals surface area contributed by atoms with Crippen LogP contribution in [0.2, 0.25) is 0 Å². The Morgan fingerprint density at radius 3 is 2.57 bits per heavy atom. The van der Waals surface area contributed by atoms with Gasteiger partial charge in [-0.15, -0.1) is 0 Å². The average molecular weight is 311 g/mol. The third kappa shape index (κ3) is 4.03. The first-order valence-corrected chi connectivity index (χ1v) is 8.86. The third-order valence-corrected chi connectivity index (χ3v) is 5.76. The van der Waals surface area contributed by atoms with Crippen LogP contribution in [0, 0.1) is 6.92 Å². The number of sulfonamides is 1. The molecule has 1 heterocycles. The number of likely N-dealkylation sites (tertiary alicyclic amines) is 1. The van der Waals surface area contributed by atoms with Gasteiger partial charge in [-0.3, -0.25) is 0 Å². The van der Waals surface area contributed by atoms with Crippen LogP contribution >= 0.6 is 0 Å². The van der Waals surface area contributed by atoms with Gasteiger partial charge in [-0.25, -0.2) is 13.1 Å². The summed E-state index contributed by atoms with van der Waals surface area (Å²) in [4.78, 5) is 2.62. The Hall–Kier alpha value is -0.950. The molecular weight excluding hydrogens is 286 g/mol. The fraction of sp³-hybridized carbons (Fsp3) is 0.600. The van der Waals surface area contributed by atoms with Crippen molar-refractivity contribution in [3.63, 3.8) is 0 Å². The number of hydrogen-bond donors (Lipinski definition) is 2. The van der Waals surface area contributed by atoms with Crippen LogP contribution < -0.4 is 10.0 Å². The van der Waals surface area contributed by atoms with Gasteiger partial charge in [0.05, 0.1) is 4.90 Å². The molecule has 6 heteroatoms. The summed E-state index contributed by atoms with van der Waals surface area (Å²) in [6.07, 6.45) is 1.73. The molecule has 1 fully saturated rings. The molecule has 0 bridgehead atoms. The van der Waals surface area contributed by atoms with Gasteiger partial charge >= 0.3 is 0 Å². The lowest BCUT2D eigenvalue weighted by Gasteiger charge is -2.29. The first-order valence-electron chi connectivity index (χ1n) is 7.38. The highest BCUT2D eigenvalue weighted by molar-refractivity contribution is 7.89. The summed E-state index contributed by atoms with van der Waals surface area (Å²) in [5, 5.41) is 3.07. The maximum Gasteiger partial charge on any atom is 0.241 e. The lowest BCUT2D eigenvalue weighted by molar-refractivity contribution is 0.248. The summed E-state index contributed by atoms with van der Waals surface area (Å²) in [7, 11) is 0.479. The van der Waals surface area contributed by atoms with Gasteiger partial charge < -0.3 is 10.2 Å². The van der Waals surface area contributed by atoms with Crippen LogP contribution in [0.5, 0.6) is 0 Å². The van der Waals surface area contributed by atoms with E-state index in [2.05, 4.69) is 22.0 Å². The first kappa shape index (κ1) is 16.4. The van der Waals surface area contributed by atoms with E-state index in [4.69, 9.17) is 0 Å². The van der Waals surface area contributed by atoms with E-state index in [1.807, 2.05) is 26.1 Å². The molecule has 1 aliphatic heterocycles. The fourth-order valence-electron chi connectivity index (χ4n) is 2.74. The topological polar surface area (TPSA) is 61.4 Å². The van der Waals surface area contributed by atoms with Crippen LogP contribution in [-0.2, 0) is 16.6 Å². The monoisotopic (exact) mass is 311 g/mol. The Kier molecular flexibility index (Phi) is 5.37. The summed E-state index contributed by atoms with van der Waals surface area (Å²) in [5.41, 5.74) is 1.84. The van der Waals surface area contributed by atoms with Gasteiger partial charge in [0.25, 0.3) is 0 Å². The van der Waals surface area contributed by atoms with E-state index in [-0.39, 0.29) is 6.04 Å². The molecule has 1 saturated heterocycles. The second-order valence-electron chi connectivity index (χ2n) is 5.77. The van der Waals surface area contributed by atoms with Crippen molar-refractivity contribution >= 4 is 10.0 Å². The van der Waals surface area contributed by atoms with Crippen LogP contribution in [0.4, 0.5) is 0 Å². The molecule has 21 heavy (non-hydrogen) atoms. The van der Waals surface area contributed by atoms with Gasteiger partial charge in [-0.1, -0.05) is 12.1 Å². The van der Waals surface area contributed by atoms with Crippen molar-refractivity contribution in [1.82, 2.24) is 14.9 Å². The number of hydrogen-bond acceptors (Lipinski definition) is 4. The van der Waals surface area contributed by atoms with Crippen LogP contribution in [0.3, 0.4) is 0 Å². The minimum absolute atomic E-state index is 0.0403. The van der Waals surface area contributed by atoms with Crippen molar-refractivity contribution in [3.05, 3.63) is 29.3 Å². The Bertz CT molecular complexity index is 579. The molecule has 0 aliphatic carbocycles. The highest BCUT2D eigenvalue weighted by Gasteiger charge is 2.24. The minimum Gasteiger partial charge on any atom is -0.316 e. The second kappa shape index (κ2) is 6.87. The van der Waals surface area contributed by atoms with Gasteiger partial charge in [-0.05, 0) is 64.1 Å². The molecule has 118 valence electrons. The van der Waals surface area contributed by atoms with Gasteiger partial charge in [-0.2, -0.15) is 0 Å². The number of piperidine rings is 1. The van der Waals surface area contributed by atoms with E-state index >= 15 is 0 Å². The third-order valence-electron chi connectivity index (χ3n) is 4.09. The van der Waals surface area contributed by atoms with Crippen molar-refractivity contribution in [3.8, 4) is 0 Å². The van der Waals surface area contributed by atoms with E-state index in [9.17, 15) is 8.42 Å². The number of nitrogens with zero attached hydrogens (tertiary/aromatic N) is 1. The summed E-state index contributed by atoms with van der Waals surface area (Å²) in [5.74, 6) is 0. The van der Waals surface area contributed by atoms with Crippen LogP contribution in [0.25, 0.3) is 0 Å². The molecule has 0 aromatic heterocycles. The lowest BCUT2D eigenvalue weighted by Crippen LogP contribution is -2.43. The highest BCUT2D eigenvalue weighted by atomic mass is 32.2. The smallest absolute Gasteiger partial charge is 0.241 e. The zero-order valence-electron chi connectivity index (χ0n) is 13.0. The van der Waals surface area contributed by atoms with E-state index in [1.165, 1.54) is 0 Å². The lowest BCUT2D eigenvalue weighted by atomic mass is 10.1. The van der Waals surface area contributed by atoms with E-state index in [1.54, 1.807) is 6.07 Å². The Labute approximate surface area is 127 Å². The first-order chi connectivity index (χ1) is 9.94. The molecule has 0 saturated carbocycles. The van der Waals surface area contributed by atoms with Crippen molar-refractivity contribution in [1.29, 1.82) is 0 Å². The molecule has 1 aromatic carbocycles. The normalized spacial score (nSPS) is 18.0. The van der Waals surface area contributed by atoms with Crippen LogP contribution in [0.15, 0.2) is 23.1 Å². The Balaban J connectivity index is 2.18. The Morgan fingerprint density at radius 2 is 1.95 bits per heavy atom. The molecule has 1 aromatic rings. The standard InChI is InChI=1S/C15H25N3O2S/c1-12-13(11-16-2)5-4-6-15(12)21(19,20)17-14-7-9-18(3)10-8-14/h4-6,14,16-17H,7-11H2,1-3H3. The summed E-state index contributed by atoms with van der Waals surface area (Å²) < 4.78 is 28.1. The van der Waals surface area contributed by atoms with Crippen molar-refractivity contribution in [2.75, 3.05) is 27.2 Å². The molecule has 0 atom stereocenters. The summed E-state index contributed by atoms with van der Waals surface area (Å²) in [6.45, 7) is 4.41. The van der Waals surface area contributed by atoms with Crippen LogP contribution in [-0.4, -0.2) is 46.5 Å². The molecule has 0 amide bonds. The maximum absolute atomic E-state index is 12.6. The molecule has 0 spiro atoms. The molecule has 2 N–H and O–H groups in total. The quantitative estimate of drug-likeness (QED) is 0.854. The molecular formula is C15H25N3O2S. The van der Waals surface area contributed by atoms with E-state index in [0.29, 0.717) is 11.4 Å². The largest absolute Gasteiger partial charge is 0.316 e. The molecule has 5 nitrogen and oxygen atoms in total. The van der Waals surface area contributed by atoms with Gasteiger partial charge in [0, 0.05) is 12.6 Å². The predicted molar refractivity (Wildman–Crippen MR) is 84.8 cm³/mol. The molecule has 2 rings (SSSR count). The van der Waals surface area contributed by atoms with E-state index < -0.39 is 10.0 Å². The van der Waals surface area contributed by atoms with Crippen LogP contribution in [0.1, 0.15) is 24.0 Å². The average Bonchev–Trinajstić information content (AvgIpc) is 2.43. The SMILES string of the molecule is CNCc1cccc(S(=O)(=O)NC2CCN(C)CC2)c1C. The number of benzene rings is 1. The fourth-order valence-corrected chi connectivity index (χ4v) is 4.34. The Morgan fingerprint density at radius 1 is 1.29 bits per heavy atom. The highest BCUT2D eigenvalue weighted by Crippen LogP contribution is 2.20. The van der Waals surface area contributed by atoms with E-state index in [0.717, 1.165) is 37.1 Å². The number of nitrogens with one attached hydrogen (secondary N) is 2. The number of rotatable bonds is 5.